The van der Waals surface area contributed by atoms with E-state index in [1.807, 2.05) is 6.07 Å². The van der Waals surface area contributed by atoms with E-state index < -0.39 is 0 Å². The molecule has 5 heteroatoms. The molecule has 0 unspecified atom stereocenters. The lowest BCUT2D eigenvalue weighted by molar-refractivity contribution is -0.465. The van der Waals surface area contributed by atoms with Gasteiger partial charge in [-0.1, -0.05) is 26.0 Å². The Morgan fingerprint density at radius 1 is 1.19 bits per heavy atom. The number of H-pyrrole nitrogens is 1. The van der Waals surface area contributed by atoms with Crippen LogP contribution in [0.2, 0.25) is 0 Å². The third-order valence-electron chi connectivity index (χ3n) is 5.84. The molecule has 0 radical (unpaired) electrons. The normalized spacial score (nSPS) is 13.4. The molecular formula is C22H28N5+. The van der Waals surface area contributed by atoms with Gasteiger partial charge in [0.1, 0.15) is 22.7 Å². The molecule has 0 fully saturated rings. The predicted octanol–water partition coefficient (Wildman–Crippen LogP) is 3.41. The number of anilines is 1. The molecule has 140 valence electrons. The number of aromatic nitrogens is 2. The minimum atomic E-state index is 0.812. The molecule has 0 saturated heterocycles. The summed E-state index contributed by atoms with van der Waals surface area (Å²) in [7, 11) is 0. The molecule has 2 heterocycles. The van der Waals surface area contributed by atoms with Gasteiger partial charge < -0.3 is 10.2 Å². The lowest BCUT2D eigenvalue weighted by atomic mass is 10.1. The predicted molar refractivity (Wildman–Crippen MR) is 109 cm³/mol. The maximum absolute atomic E-state index is 9.84. The molecule has 27 heavy (non-hydrogen) atoms. The molecule has 0 amide bonds. The Morgan fingerprint density at radius 2 is 1.96 bits per heavy atom. The summed E-state index contributed by atoms with van der Waals surface area (Å²) in [5.41, 5.74) is 6.50. The van der Waals surface area contributed by atoms with Crippen LogP contribution in [0.5, 0.6) is 0 Å². The third kappa shape index (κ3) is 3.04. The van der Waals surface area contributed by atoms with Gasteiger partial charge in [0.15, 0.2) is 0 Å². The second-order valence-corrected chi connectivity index (χ2v) is 7.28. The zero-order valence-electron chi connectivity index (χ0n) is 16.3. The highest BCUT2D eigenvalue weighted by Crippen LogP contribution is 2.32. The average Bonchev–Trinajstić information content (AvgIpc) is 3.32. The largest absolute Gasteiger partial charge is 0.305 e. The van der Waals surface area contributed by atoms with Crippen LogP contribution < -0.4 is 9.72 Å². The van der Waals surface area contributed by atoms with Crippen LogP contribution in [0.1, 0.15) is 43.4 Å². The molecule has 1 aliphatic carbocycles. The van der Waals surface area contributed by atoms with E-state index in [9.17, 15) is 5.26 Å². The number of nitriles is 1. The van der Waals surface area contributed by atoms with E-state index in [1.165, 1.54) is 16.9 Å². The Morgan fingerprint density at radius 3 is 2.74 bits per heavy atom. The van der Waals surface area contributed by atoms with Crippen LogP contribution in [0.4, 0.5) is 5.82 Å². The Balaban J connectivity index is 1.76. The lowest BCUT2D eigenvalue weighted by Gasteiger charge is -2.17. The first-order valence-corrected chi connectivity index (χ1v) is 10.1. The van der Waals surface area contributed by atoms with E-state index in [4.69, 9.17) is 0 Å². The van der Waals surface area contributed by atoms with Crippen molar-refractivity contribution in [2.45, 2.75) is 39.5 Å². The minimum absolute atomic E-state index is 0.812. The number of hydrogen-bond donors (Lipinski definition) is 2. The van der Waals surface area contributed by atoms with Gasteiger partial charge in [0, 0.05) is 12.1 Å². The molecular weight excluding hydrogens is 334 g/mol. The van der Waals surface area contributed by atoms with Crippen molar-refractivity contribution < 1.29 is 4.40 Å². The molecule has 2 aromatic heterocycles. The van der Waals surface area contributed by atoms with Gasteiger partial charge in [-0.05, 0) is 56.5 Å². The molecule has 4 rings (SSSR count). The highest BCUT2D eigenvalue weighted by atomic mass is 15.1. The van der Waals surface area contributed by atoms with Crippen LogP contribution >= 0.6 is 0 Å². The Kier molecular flexibility index (Phi) is 5.00. The number of hydrogen-bond acceptors (Lipinski definition) is 3. The Hall–Kier alpha value is -2.58. The van der Waals surface area contributed by atoms with Crippen LogP contribution in [-0.4, -0.2) is 36.1 Å². The van der Waals surface area contributed by atoms with Gasteiger partial charge in [-0.15, -0.1) is 0 Å². The standard InChI is InChI=1S/C22H27N5/c1-3-26(4-2)14-8-13-24-21-17-10-7-9-16(17)18(15-23)22-25-19-11-5-6-12-20(19)27(21)22/h5-6,11-12H,3-4,7-10,13-14H2,1-2H3,(H,24,25)/p+1. The number of pyridine rings is 1. The van der Waals surface area contributed by atoms with E-state index in [2.05, 4.69) is 57.7 Å². The maximum atomic E-state index is 9.84. The number of nitrogens with one attached hydrogen (secondary N) is 2. The first-order chi connectivity index (χ1) is 13.3. The zero-order valence-corrected chi connectivity index (χ0v) is 16.3. The molecule has 1 aromatic carbocycles. The fraction of sp³-hybridized carbons (Fsp3) is 0.455. The molecule has 0 aliphatic heterocycles. The summed E-state index contributed by atoms with van der Waals surface area (Å²) in [5.74, 6) is 1.17. The summed E-state index contributed by atoms with van der Waals surface area (Å²) in [6, 6.07) is 10.8. The molecule has 0 saturated carbocycles. The second kappa shape index (κ2) is 7.58. The van der Waals surface area contributed by atoms with Crippen LogP contribution in [0.25, 0.3) is 16.7 Å². The second-order valence-electron chi connectivity index (χ2n) is 7.28. The number of nitrogens with zero attached hydrogens (tertiary/aromatic N) is 3. The fourth-order valence-electron chi connectivity index (χ4n) is 4.40. The third-order valence-corrected chi connectivity index (χ3v) is 5.84. The van der Waals surface area contributed by atoms with Gasteiger partial charge in [-0.25, -0.2) is 0 Å². The summed E-state index contributed by atoms with van der Waals surface area (Å²) in [5, 5.41) is 13.6. The van der Waals surface area contributed by atoms with Crippen molar-refractivity contribution in [3.05, 3.63) is 41.0 Å². The van der Waals surface area contributed by atoms with Crippen molar-refractivity contribution in [1.29, 1.82) is 5.26 Å². The summed E-state index contributed by atoms with van der Waals surface area (Å²) >= 11 is 0. The first kappa shape index (κ1) is 17.8. The smallest absolute Gasteiger partial charge is 0.250 e. The number of fused-ring (bicyclic) bond motifs is 4. The Labute approximate surface area is 160 Å². The molecule has 3 aromatic rings. The first-order valence-electron chi connectivity index (χ1n) is 10.1. The van der Waals surface area contributed by atoms with Crippen molar-refractivity contribution in [2.75, 3.05) is 31.5 Å². The SMILES string of the molecule is CCN(CC)CCCNc1c2c(c(C#N)c3[nH]c4ccccc4[n+]13)CCC2. The van der Waals surface area contributed by atoms with Gasteiger partial charge in [0.05, 0.1) is 6.54 Å². The number of rotatable bonds is 7. The Bertz CT molecular complexity index is 1010. The molecule has 0 spiro atoms. The summed E-state index contributed by atoms with van der Waals surface area (Å²) in [6.07, 6.45) is 4.28. The number of imidazole rings is 1. The van der Waals surface area contributed by atoms with Crippen LogP contribution in [0.15, 0.2) is 24.3 Å². The van der Waals surface area contributed by atoms with Crippen molar-refractivity contribution in [3.8, 4) is 6.07 Å². The van der Waals surface area contributed by atoms with E-state index in [-0.39, 0.29) is 0 Å². The van der Waals surface area contributed by atoms with Crippen LogP contribution in [0.3, 0.4) is 0 Å². The van der Waals surface area contributed by atoms with Crippen LogP contribution in [0, 0.1) is 11.3 Å². The highest BCUT2D eigenvalue weighted by Gasteiger charge is 2.29. The van der Waals surface area contributed by atoms with Crippen molar-refractivity contribution in [1.82, 2.24) is 9.88 Å². The topological polar surface area (TPSA) is 59.0 Å². The van der Waals surface area contributed by atoms with E-state index >= 15 is 0 Å². The highest BCUT2D eigenvalue weighted by molar-refractivity contribution is 5.78. The number of para-hydroxylation sites is 2. The van der Waals surface area contributed by atoms with Gasteiger partial charge in [0.2, 0.25) is 11.5 Å². The van der Waals surface area contributed by atoms with Gasteiger partial charge >= 0.3 is 0 Å². The fourth-order valence-corrected chi connectivity index (χ4v) is 4.40. The monoisotopic (exact) mass is 362 g/mol. The van der Waals surface area contributed by atoms with Crippen molar-refractivity contribution in [3.63, 3.8) is 0 Å². The maximum Gasteiger partial charge on any atom is 0.250 e. The van der Waals surface area contributed by atoms with E-state index in [1.54, 1.807) is 0 Å². The molecule has 5 nitrogen and oxygen atoms in total. The molecule has 1 aliphatic rings. The number of aromatic amines is 1. The van der Waals surface area contributed by atoms with Crippen LogP contribution in [-0.2, 0) is 12.8 Å². The van der Waals surface area contributed by atoms with Gasteiger partial charge in [0.25, 0.3) is 0 Å². The van der Waals surface area contributed by atoms with E-state index in [0.717, 1.165) is 74.1 Å². The lowest BCUT2D eigenvalue weighted by Crippen LogP contribution is -2.31. The molecule has 0 bridgehead atoms. The quantitative estimate of drug-likeness (QED) is 0.500. The average molecular weight is 363 g/mol. The zero-order chi connectivity index (χ0) is 18.8. The summed E-state index contributed by atoms with van der Waals surface area (Å²) in [6.45, 7) is 8.69. The van der Waals surface area contributed by atoms with Gasteiger partial charge in [-0.2, -0.15) is 9.66 Å². The molecule has 2 N–H and O–H groups in total. The number of benzene rings is 1. The van der Waals surface area contributed by atoms with Gasteiger partial charge in [-0.3, -0.25) is 4.98 Å². The van der Waals surface area contributed by atoms with Crippen molar-refractivity contribution >= 4 is 22.5 Å². The summed E-state index contributed by atoms with van der Waals surface area (Å²) < 4.78 is 2.23. The molecule has 0 atom stereocenters. The van der Waals surface area contributed by atoms with Crippen molar-refractivity contribution in [2.24, 2.45) is 0 Å². The summed E-state index contributed by atoms with van der Waals surface area (Å²) in [4.78, 5) is 5.94. The minimum Gasteiger partial charge on any atom is -0.305 e. The van der Waals surface area contributed by atoms with E-state index in [0.29, 0.717) is 0 Å².